The Kier molecular flexibility index (Phi) is 4.23. The maximum absolute atomic E-state index is 13.0. The van der Waals surface area contributed by atoms with Crippen LogP contribution in [0.25, 0.3) is 0 Å². The molecule has 0 radical (unpaired) electrons. The largest absolute Gasteiger partial charge is 0.388 e. The molecule has 0 saturated carbocycles. The number of nitrogens with one attached hydrogen (secondary N) is 1. The third kappa shape index (κ3) is 3.82. The molecule has 1 rings (SSSR count). The lowest BCUT2D eigenvalue weighted by Crippen LogP contribution is -2.40. The molecule has 17 heavy (non-hydrogen) atoms. The number of benzene rings is 1. The number of hydrogen-bond acceptors (Lipinski definition) is 2. The summed E-state index contributed by atoms with van der Waals surface area (Å²) in [5.74, 6) is -0.635. The number of halogens is 1. The Morgan fingerprint density at radius 2 is 2.18 bits per heavy atom. The van der Waals surface area contributed by atoms with Gasteiger partial charge in [-0.05, 0) is 44.0 Å². The lowest BCUT2D eigenvalue weighted by atomic mass is 10.0. The zero-order chi connectivity index (χ0) is 13.1. The van der Waals surface area contributed by atoms with Crippen LogP contribution in [0.15, 0.2) is 18.2 Å². The van der Waals surface area contributed by atoms with Gasteiger partial charge in [-0.3, -0.25) is 4.79 Å². The molecule has 0 spiro atoms. The van der Waals surface area contributed by atoms with E-state index in [1.165, 1.54) is 18.2 Å². The van der Waals surface area contributed by atoms with Crippen molar-refractivity contribution in [2.24, 2.45) is 0 Å². The summed E-state index contributed by atoms with van der Waals surface area (Å²) >= 11 is 0. The normalized spacial score (nSPS) is 14.2. The second-order valence-corrected chi connectivity index (χ2v) is 4.50. The molecule has 4 heteroatoms. The molecule has 1 aromatic carbocycles. The fraction of sp³-hybridized carbons (Fsp3) is 0.462. The first-order chi connectivity index (χ1) is 7.85. The van der Waals surface area contributed by atoms with E-state index in [0.29, 0.717) is 17.5 Å². The van der Waals surface area contributed by atoms with Gasteiger partial charge in [-0.1, -0.05) is 6.92 Å². The number of aliphatic hydroxyl groups is 1. The Bertz CT molecular complexity index is 416. The van der Waals surface area contributed by atoms with E-state index in [2.05, 4.69) is 5.32 Å². The highest BCUT2D eigenvalue weighted by molar-refractivity contribution is 5.94. The van der Waals surface area contributed by atoms with E-state index in [1.54, 1.807) is 13.8 Å². The molecule has 0 aliphatic heterocycles. The molecule has 0 fully saturated rings. The summed E-state index contributed by atoms with van der Waals surface area (Å²) in [6.45, 7) is 5.28. The number of carbonyl (C=O) groups excluding carboxylic acids is 1. The maximum Gasteiger partial charge on any atom is 0.251 e. The summed E-state index contributed by atoms with van der Waals surface area (Å²) in [7, 11) is 0. The van der Waals surface area contributed by atoms with Gasteiger partial charge in [0.2, 0.25) is 0 Å². The Hall–Kier alpha value is -1.42. The van der Waals surface area contributed by atoms with Gasteiger partial charge in [-0.15, -0.1) is 0 Å². The number of aryl methyl sites for hydroxylation is 1. The van der Waals surface area contributed by atoms with E-state index in [0.717, 1.165) is 0 Å². The van der Waals surface area contributed by atoms with E-state index < -0.39 is 5.60 Å². The average molecular weight is 239 g/mol. The van der Waals surface area contributed by atoms with Crippen LogP contribution in [0.1, 0.15) is 36.2 Å². The number of rotatable bonds is 4. The molecule has 1 atom stereocenters. The highest BCUT2D eigenvalue weighted by atomic mass is 19.1. The van der Waals surface area contributed by atoms with Crippen molar-refractivity contribution in [1.29, 1.82) is 0 Å². The van der Waals surface area contributed by atoms with Gasteiger partial charge in [-0.25, -0.2) is 4.39 Å². The van der Waals surface area contributed by atoms with Crippen LogP contribution in [0.5, 0.6) is 0 Å². The van der Waals surface area contributed by atoms with Gasteiger partial charge < -0.3 is 10.4 Å². The molecule has 0 bridgehead atoms. The van der Waals surface area contributed by atoms with Crippen molar-refractivity contribution >= 4 is 5.91 Å². The van der Waals surface area contributed by atoms with Gasteiger partial charge >= 0.3 is 0 Å². The summed E-state index contributed by atoms with van der Waals surface area (Å²) in [6, 6.07) is 4.19. The minimum atomic E-state index is -0.912. The lowest BCUT2D eigenvalue weighted by Gasteiger charge is -2.21. The van der Waals surface area contributed by atoms with E-state index in [-0.39, 0.29) is 18.3 Å². The zero-order valence-corrected chi connectivity index (χ0v) is 10.4. The van der Waals surface area contributed by atoms with E-state index in [9.17, 15) is 14.3 Å². The standard InChI is InChI=1S/C13H18FNO2/c1-4-13(3,17)8-15-12(16)10-5-6-11(14)9(2)7-10/h5-7,17H,4,8H2,1-3H3,(H,15,16). The minimum Gasteiger partial charge on any atom is -0.388 e. The molecule has 0 aromatic heterocycles. The van der Waals surface area contributed by atoms with Crippen LogP contribution in [0.3, 0.4) is 0 Å². The van der Waals surface area contributed by atoms with Crippen molar-refractivity contribution in [2.75, 3.05) is 6.54 Å². The molecule has 0 saturated heterocycles. The van der Waals surface area contributed by atoms with Crippen LogP contribution in [0.2, 0.25) is 0 Å². The summed E-state index contributed by atoms with van der Waals surface area (Å²) < 4.78 is 13.0. The molecule has 1 aromatic rings. The molecular weight excluding hydrogens is 221 g/mol. The van der Waals surface area contributed by atoms with Gasteiger partial charge in [0.1, 0.15) is 5.82 Å². The first-order valence-corrected chi connectivity index (χ1v) is 5.62. The van der Waals surface area contributed by atoms with Crippen LogP contribution in [0, 0.1) is 12.7 Å². The van der Waals surface area contributed by atoms with Crippen molar-refractivity contribution in [3.63, 3.8) is 0 Å². The molecule has 2 N–H and O–H groups in total. The predicted molar refractivity (Wildman–Crippen MR) is 64.4 cm³/mol. The van der Waals surface area contributed by atoms with Crippen LogP contribution < -0.4 is 5.32 Å². The topological polar surface area (TPSA) is 49.3 Å². The highest BCUT2D eigenvalue weighted by Crippen LogP contribution is 2.10. The summed E-state index contributed by atoms with van der Waals surface area (Å²) in [4.78, 5) is 11.7. The molecule has 0 heterocycles. The Morgan fingerprint density at radius 1 is 1.53 bits per heavy atom. The first-order valence-electron chi connectivity index (χ1n) is 5.62. The lowest BCUT2D eigenvalue weighted by molar-refractivity contribution is 0.0518. The average Bonchev–Trinajstić information content (AvgIpc) is 2.30. The number of amides is 1. The van der Waals surface area contributed by atoms with Crippen LogP contribution in [-0.4, -0.2) is 23.2 Å². The zero-order valence-electron chi connectivity index (χ0n) is 10.4. The quantitative estimate of drug-likeness (QED) is 0.844. The molecule has 1 amide bonds. The molecule has 3 nitrogen and oxygen atoms in total. The molecular formula is C13H18FNO2. The first kappa shape index (κ1) is 13.6. The van der Waals surface area contributed by atoms with Crippen molar-refractivity contribution in [2.45, 2.75) is 32.8 Å². The molecule has 94 valence electrons. The van der Waals surface area contributed by atoms with Crippen LogP contribution >= 0.6 is 0 Å². The Labute approximate surface area is 101 Å². The highest BCUT2D eigenvalue weighted by Gasteiger charge is 2.18. The van der Waals surface area contributed by atoms with Crippen molar-refractivity contribution in [3.8, 4) is 0 Å². The second-order valence-electron chi connectivity index (χ2n) is 4.50. The van der Waals surface area contributed by atoms with Crippen molar-refractivity contribution < 1.29 is 14.3 Å². The van der Waals surface area contributed by atoms with Crippen molar-refractivity contribution in [3.05, 3.63) is 35.1 Å². The van der Waals surface area contributed by atoms with Gasteiger partial charge in [0.15, 0.2) is 0 Å². The van der Waals surface area contributed by atoms with E-state index in [4.69, 9.17) is 0 Å². The summed E-state index contributed by atoms with van der Waals surface area (Å²) in [5, 5.41) is 12.4. The van der Waals surface area contributed by atoms with Crippen LogP contribution in [-0.2, 0) is 0 Å². The molecule has 1 unspecified atom stereocenters. The molecule has 0 aliphatic carbocycles. The smallest absolute Gasteiger partial charge is 0.251 e. The number of hydrogen-bond donors (Lipinski definition) is 2. The Morgan fingerprint density at radius 3 is 2.71 bits per heavy atom. The van der Waals surface area contributed by atoms with E-state index >= 15 is 0 Å². The van der Waals surface area contributed by atoms with E-state index in [1.807, 2.05) is 6.92 Å². The monoisotopic (exact) mass is 239 g/mol. The minimum absolute atomic E-state index is 0.179. The third-order valence-corrected chi connectivity index (χ3v) is 2.81. The maximum atomic E-state index is 13.0. The van der Waals surface area contributed by atoms with Crippen molar-refractivity contribution in [1.82, 2.24) is 5.32 Å². The predicted octanol–water partition coefficient (Wildman–Crippen LogP) is 2.02. The summed E-state index contributed by atoms with van der Waals surface area (Å²) in [5.41, 5.74) is -0.0826. The van der Waals surface area contributed by atoms with Gasteiger partial charge in [0.25, 0.3) is 5.91 Å². The Balaban J connectivity index is 2.68. The fourth-order valence-electron chi connectivity index (χ4n) is 1.28. The van der Waals surface area contributed by atoms with Gasteiger partial charge in [0, 0.05) is 12.1 Å². The van der Waals surface area contributed by atoms with Gasteiger partial charge in [0.05, 0.1) is 5.60 Å². The SMILES string of the molecule is CCC(C)(O)CNC(=O)c1ccc(F)c(C)c1. The fourth-order valence-corrected chi connectivity index (χ4v) is 1.28. The third-order valence-electron chi connectivity index (χ3n) is 2.81. The molecule has 0 aliphatic rings. The van der Waals surface area contributed by atoms with Crippen LogP contribution in [0.4, 0.5) is 4.39 Å². The van der Waals surface area contributed by atoms with Gasteiger partial charge in [-0.2, -0.15) is 0 Å². The second kappa shape index (κ2) is 5.27. The number of carbonyl (C=O) groups is 1. The summed E-state index contributed by atoms with van der Waals surface area (Å²) in [6.07, 6.45) is 0.551.